The van der Waals surface area contributed by atoms with Gasteiger partial charge in [0.15, 0.2) is 0 Å². The third-order valence-electron chi connectivity index (χ3n) is 3.54. The maximum Gasteiger partial charge on any atom is 0.253 e. The van der Waals surface area contributed by atoms with Gasteiger partial charge in [-0.15, -0.1) is 0 Å². The largest absolute Gasteiger partial charge is 0.287 e. The van der Waals surface area contributed by atoms with Crippen molar-refractivity contribution in [2.75, 3.05) is 0 Å². The molecule has 2 heterocycles. The Balaban J connectivity index is 2.04. The molecular weight excluding hydrogens is 304 g/mol. The summed E-state index contributed by atoms with van der Waals surface area (Å²) in [7, 11) is 0. The van der Waals surface area contributed by atoms with Crippen LogP contribution in [0, 0.1) is 0 Å². The van der Waals surface area contributed by atoms with E-state index in [9.17, 15) is 9.59 Å². The molecule has 0 bridgehead atoms. The summed E-state index contributed by atoms with van der Waals surface area (Å²) < 4.78 is 3.05. The number of hydrogen-bond acceptors (Lipinski definition) is 4. The molecule has 0 aliphatic rings. The maximum atomic E-state index is 12.7. The van der Waals surface area contributed by atoms with Gasteiger partial charge in [-0.05, 0) is 38.1 Å². The van der Waals surface area contributed by atoms with E-state index in [4.69, 9.17) is 0 Å². The molecule has 0 aliphatic heterocycles. The van der Waals surface area contributed by atoms with Gasteiger partial charge in [-0.3, -0.25) is 23.8 Å². The zero-order valence-corrected chi connectivity index (χ0v) is 13.6. The molecule has 3 aromatic rings. The van der Waals surface area contributed by atoms with E-state index in [-0.39, 0.29) is 23.9 Å². The van der Waals surface area contributed by atoms with Crippen molar-refractivity contribution in [1.29, 1.82) is 0 Å². The number of rotatable bonds is 3. The minimum atomic E-state index is -0.170. The average Bonchev–Trinajstić information content (AvgIpc) is 2.57. The fraction of sp³-hybridized carbons (Fsp3) is 0.222. The first kappa shape index (κ1) is 15.9. The van der Waals surface area contributed by atoms with Crippen molar-refractivity contribution in [3.05, 3.63) is 70.6 Å². The second kappa shape index (κ2) is 6.62. The Labute approximate surface area is 138 Å². The molecule has 0 aliphatic carbocycles. The molecule has 0 spiro atoms. The highest BCUT2D eigenvalue weighted by atomic mass is 16.2. The molecule has 0 amide bonds. The first-order chi connectivity index (χ1) is 11.6. The van der Waals surface area contributed by atoms with Crippen molar-refractivity contribution in [1.82, 2.24) is 14.3 Å². The molecule has 0 unspecified atom stereocenters. The topological polar surface area (TPSA) is 69.2 Å². The van der Waals surface area contributed by atoms with Gasteiger partial charge >= 0.3 is 0 Å². The lowest BCUT2D eigenvalue weighted by molar-refractivity contribution is 0.0882. The molecule has 24 heavy (non-hydrogen) atoms. The molecule has 0 fully saturated rings. The second-order valence-corrected chi connectivity index (χ2v) is 5.73. The van der Waals surface area contributed by atoms with Crippen LogP contribution in [0.2, 0.25) is 0 Å². The zero-order chi connectivity index (χ0) is 17.1. The summed E-state index contributed by atoms with van der Waals surface area (Å²) in [5, 5.41) is 4.65. The Morgan fingerprint density at radius 3 is 2.71 bits per heavy atom. The molecule has 6 nitrogen and oxygen atoms in total. The monoisotopic (exact) mass is 322 g/mol. The minimum absolute atomic E-state index is 0.0239. The van der Waals surface area contributed by atoms with E-state index in [1.54, 1.807) is 36.5 Å². The number of pyridine rings is 1. The summed E-state index contributed by atoms with van der Waals surface area (Å²) in [5.74, 6) is -0.170. The van der Waals surface area contributed by atoms with Gasteiger partial charge in [-0.1, -0.05) is 18.2 Å². The van der Waals surface area contributed by atoms with Gasteiger partial charge in [-0.2, -0.15) is 5.10 Å². The predicted octanol–water partition coefficient (Wildman–Crippen LogP) is 1.85. The van der Waals surface area contributed by atoms with Crippen molar-refractivity contribution in [2.24, 2.45) is 4.99 Å². The molecule has 122 valence electrons. The molecule has 3 rings (SSSR count). The van der Waals surface area contributed by atoms with Crippen LogP contribution >= 0.6 is 0 Å². The van der Waals surface area contributed by atoms with Gasteiger partial charge < -0.3 is 0 Å². The van der Waals surface area contributed by atoms with E-state index >= 15 is 0 Å². The van der Waals surface area contributed by atoms with Gasteiger partial charge in [0.2, 0.25) is 5.43 Å². The molecule has 6 heteroatoms. The highest BCUT2D eigenvalue weighted by molar-refractivity contribution is 5.82. The Bertz CT molecular complexity index is 1010. The van der Waals surface area contributed by atoms with Crippen LogP contribution in [0.5, 0.6) is 0 Å². The zero-order valence-electron chi connectivity index (χ0n) is 13.6. The Hall–Kier alpha value is -3.02. The second-order valence-electron chi connectivity index (χ2n) is 5.73. The number of hydrogen-bond donors (Lipinski definition) is 0. The highest BCUT2D eigenvalue weighted by Crippen LogP contribution is 2.07. The molecule has 0 saturated heterocycles. The molecule has 0 N–H and O–H groups in total. The van der Waals surface area contributed by atoms with Gasteiger partial charge in [0.05, 0.1) is 11.7 Å². The summed E-state index contributed by atoms with van der Waals surface area (Å²) in [5.41, 5.74) is 1.08. The van der Waals surface area contributed by atoms with Crippen LogP contribution in [0.1, 0.15) is 18.6 Å². The van der Waals surface area contributed by atoms with Crippen molar-refractivity contribution in [3.63, 3.8) is 0 Å². The van der Waals surface area contributed by atoms with Crippen LogP contribution in [0.4, 0.5) is 0 Å². The molecule has 2 aromatic heterocycles. The first-order valence-electron chi connectivity index (χ1n) is 7.76. The minimum Gasteiger partial charge on any atom is -0.287 e. The third-order valence-corrected chi connectivity index (χ3v) is 3.54. The third kappa shape index (κ3) is 3.17. The van der Waals surface area contributed by atoms with E-state index < -0.39 is 0 Å². The van der Waals surface area contributed by atoms with Crippen LogP contribution < -0.4 is 10.9 Å². The number of para-hydroxylation sites is 1. The lowest BCUT2D eigenvalue weighted by Crippen LogP contribution is -2.31. The van der Waals surface area contributed by atoms with Gasteiger partial charge in [0.1, 0.15) is 12.0 Å². The van der Waals surface area contributed by atoms with Crippen LogP contribution in [0.15, 0.2) is 64.6 Å². The molecule has 0 radical (unpaired) electrons. The van der Waals surface area contributed by atoms with E-state index in [1.165, 1.54) is 15.4 Å². The van der Waals surface area contributed by atoms with Crippen molar-refractivity contribution in [3.8, 4) is 0 Å². The molecule has 1 aromatic carbocycles. The van der Waals surface area contributed by atoms with Crippen molar-refractivity contribution < 1.29 is 4.79 Å². The van der Waals surface area contributed by atoms with Crippen molar-refractivity contribution in [2.45, 2.75) is 26.4 Å². The van der Waals surface area contributed by atoms with Gasteiger partial charge in [0.25, 0.3) is 5.91 Å². The van der Waals surface area contributed by atoms with E-state index in [0.717, 1.165) is 0 Å². The number of fused-ring (bicyclic) bond motifs is 1. The number of benzene rings is 1. The van der Waals surface area contributed by atoms with Gasteiger partial charge in [-0.25, -0.2) is 0 Å². The molecule has 0 saturated carbocycles. The number of carbonyl (C=O) groups is 1. The Morgan fingerprint density at radius 1 is 1.17 bits per heavy atom. The lowest BCUT2D eigenvalue weighted by atomic mass is 10.2. The Kier molecular flexibility index (Phi) is 4.37. The summed E-state index contributed by atoms with van der Waals surface area (Å²) in [6.45, 7) is 3.94. The molecule has 0 atom stereocenters. The van der Waals surface area contributed by atoms with Crippen LogP contribution in [-0.2, 0) is 6.54 Å². The smallest absolute Gasteiger partial charge is 0.253 e. The summed E-state index contributed by atoms with van der Waals surface area (Å²) in [6, 6.07) is 12.6. The fourth-order valence-electron chi connectivity index (χ4n) is 2.51. The number of aromatic nitrogens is 3. The number of carbonyl (C=O) groups excluding carboxylic acids is 1. The molecular formula is C18H18N4O2. The first-order valence-corrected chi connectivity index (χ1v) is 7.76. The predicted molar refractivity (Wildman–Crippen MR) is 91.8 cm³/mol. The maximum absolute atomic E-state index is 12.7. The summed E-state index contributed by atoms with van der Waals surface area (Å²) >= 11 is 0. The van der Waals surface area contributed by atoms with Crippen LogP contribution in [-0.4, -0.2) is 26.3 Å². The van der Waals surface area contributed by atoms with E-state index in [0.29, 0.717) is 16.4 Å². The summed E-state index contributed by atoms with van der Waals surface area (Å²) in [4.78, 5) is 29.1. The standard InChI is InChI=1S/C18H18N4O2/c1-13(2)20-17-9-5-6-10-21(17)18(24)12-22-15-8-4-3-7-14(15)16(23)11-19-22/h3-11,13H,12H2,1-2H3. The van der Waals surface area contributed by atoms with E-state index in [2.05, 4.69) is 10.1 Å². The normalized spacial score (nSPS) is 12.0. The quantitative estimate of drug-likeness (QED) is 0.739. The van der Waals surface area contributed by atoms with Crippen LogP contribution in [0.25, 0.3) is 10.9 Å². The summed E-state index contributed by atoms with van der Waals surface area (Å²) in [6.07, 6.45) is 2.93. The fourth-order valence-corrected chi connectivity index (χ4v) is 2.51. The lowest BCUT2D eigenvalue weighted by Gasteiger charge is -2.10. The Morgan fingerprint density at radius 2 is 1.92 bits per heavy atom. The van der Waals surface area contributed by atoms with Gasteiger partial charge in [0, 0.05) is 17.6 Å². The van der Waals surface area contributed by atoms with E-state index in [1.807, 2.05) is 26.0 Å². The highest BCUT2D eigenvalue weighted by Gasteiger charge is 2.10. The van der Waals surface area contributed by atoms with Crippen molar-refractivity contribution >= 4 is 16.8 Å². The SMILES string of the molecule is CC(C)N=c1ccccn1C(=O)Cn1ncc(=O)c2ccccc21. The average molecular weight is 322 g/mol. The van der Waals surface area contributed by atoms with Crippen LogP contribution in [0.3, 0.4) is 0 Å². The number of nitrogens with zero attached hydrogens (tertiary/aromatic N) is 4.